The van der Waals surface area contributed by atoms with Crippen LogP contribution in [0.15, 0.2) is 29.0 Å². The maximum absolute atomic E-state index is 11.2. The highest BCUT2D eigenvalue weighted by Crippen LogP contribution is 2.22. The summed E-state index contributed by atoms with van der Waals surface area (Å²) in [5.41, 5.74) is 0.780. The van der Waals surface area contributed by atoms with Crippen molar-refractivity contribution in [2.45, 2.75) is 26.8 Å². The molecule has 0 bridgehead atoms. The van der Waals surface area contributed by atoms with Crippen LogP contribution in [0.2, 0.25) is 0 Å². The summed E-state index contributed by atoms with van der Waals surface area (Å²) >= 11 is 0. The Morgan fingerprint density at radius 2 is 2.21 bits per heavy atom. The maximum atomic E-state index is 11.2. The number of carbonyl (C=O) groups is 1. The van der Waals surface area contributed by atoms with Crippen molar-refractivity contribution in [1.29, 1.82) is 0 Å². The van der Waals surface area contributed by atoms with Crippen LogP contribution >= 0.6 is 0 Å². The summed E-state index contributed by atoms with van der Waals surface area (Å²) in [6, 6.07) is 3.37. The van der Waals surface area contributed by atoms with Gasteiger partial charge in [-0.2, -0.15) is 4.98 Å². The van der Waals surface area contributed by atoms with Crippen molar-refractivity contribution in [3.05, 3.63) is 30.4 Å². The molecule has 6 heteroatoms. The number of pyridine rings is 1. The molecule has 0 aliphatic carbocycles. The molecule has 19 heavy (non-hydrogen) atoms. The zero-order chi connectivity index (χ0) is 13.8. The molecular formula is C13H16N4O2. The fraction of sp³-hybridized carbons (Fsp3) is 0.385. The Morgan fingerprint density at radius 3 is 2.79 bits per heavy atom. The van der Waals surface area contributed by atoms with Crippen LogP contribution < -0.4 is 5.32 Å². The number of aromatic nitrogens is 3. The van der Waals surface area contributed by atoms with Gasteiger partial charge in [0.2, 0.25) is 17.6 Å². The summed E-state index contributed by atoms with van der Waals surface area (Å²) in [7, 11) is 0. The van der Waals surface area contributed by atoms with E-state index in [0.717, 1.165) is 5.56 Å². The van der Waals surface area contributed by atoms with E-state index >= 15 is 0 Å². The van der Waals surface area contributed by atoms with E-state index in [1.165, 1.54) is 6.92 Å². The number of hydrogen-bond acceptors (Lipinski definition) is 5. The van der Waals surface area contributed by atoms with E-state index in [9.17, 15) is 4.79 Å². The second-order valence-electron chi connectivity index (χ2n) is 4.62. The molecule has 0 fully saturated rings. The highest BCUT2D eigenvalue weighted by Gasteiger charge is 2.23. The molecule has 1 atom stereocenters. The van der Waals surface area contributed by atoms with Crippen LogP contribution in [0.5, 0.6) is 0 Å². The van der Waals surface area contributed by atoms with Crippen LogP contribution in [0.3, 0.4) is 0 Å². The van der Waals surface area contributed by atoms with E-state index in [0.29, 0.717) is 11.7 Å². The first-order valence-electron chi connectivity index (χ1n) is 6.09. The molecule has 0 radical (unpaired) electrons. The van der Waals surface area contributed by atoms with E-state index < -0.39 is 0 Å². The van der Waals surface area contributed by atoms with Gasteiger partial charge in [-0.15, -0.1) is 0 Å². The Bertz CT molecular complexity index is 551. The molecule has 2 aromatic rings. The first kappa shape index (κ1) is 13.2. The monoisotopic (exact) mass is 260 g/mol. The number of rotatable bonds is 4. The third-order valence-electron chi connectivity index (χ3n) is 2.65. The van der Waals surface area contributed by atoms with Crippen LogP contribution in [0.1, 0.15) is 32.7 Å². The summed E-state index contributed by atoms with van der Waals surface area (Å²) in [5.74, 6) is 0.911. The molecule has 0 aliphatic rings. The molecule has 2 aromatic heterocycles. The van der Waals surface area contributed by atoms with Gasteiger partial charge in [0.15, 0.2) is 0 Å². The van der Waals surface area contributed by atoms with E-state index in [1.54, 1.807) is 18.5 Å². The molecule has 6 nitrogen and oxygen atoms in total. The highest BCUT2D eigenvalue weighted by atomic mass is 16.5. The van der Waals surface area contributed by atoms with Gasteiger partial charge < -0.3 is 9.84 Å². The van der Waals surface area contributed by atoms with E-state index in [1.807, 2.05) is 19.9 Å². The molecule has 0 unspecified atom stereocenters. The van der Waals surface area contributed by atoms with Gasteiger partial charge in [0.1, 0.15) is 6.04 Å². The largest absolute Gasteiger partial charge is 0.344 e. The molecule has 0 spiro atoms. The predicted molar refractivity (Wildman–Crippen MR) is 68.9 cm³/mol. The Morgan fingerprint density at radius 1 is 1.42 bits per heavy atom. The number of nitrogens with zero attached hydrogens (tertiary/aromatic N) is 3. The molecule has 0 saturated heterocycles. The summed E-state index contributed by atoms with van der Waals surface area (Å²) in [6.07, 6.45) is 3.34. The number of amides is 1. The van der Waals surface area contributed by atoms with Crippen molar-refractivity contribution < 1.29 is 9.32 Å². The van der Waals surface area contributed by atoms with Crippen molar-refractivity contribution in [2.75, 3.05) is 0 Å². The second-order valence-corrected chi connectivity index (χ2v) is 4.62. The third-order valence-corrected chi connectivity index (χ3v) is 2.65. The molecule has 100 valence electrons. The molecule has 1 amide bonds. The van der Waals surface area contributed by atoms with Crippen LogP contribution in [0.4, 0.5) is 0 Å². The number of nitrogens with one attached hydrogen (secondary N) is 1. The third kappa shape index (κ3) is 3.15. The standard InChI is InChI=1S/C13H16N4O2/c1-8(2)11(15-9(3)18)13-16-12(17-19-13)10-5-4-6-14-7-10/h4-8,11H,1-3H3,(H,15,18)/t11-/m0/s1. The molecule has 0 aromatic carbocycles. The summed E-state index contributed by atoms with van der Waals surface area (Å²) in [5, 5.41) is 6.73. The van der Waals surface area contributed by atoms with E-state index in [2.05, 4.69) is 20.4 Å². The van der Waals surface area contributed by atoms with Gasteiger partial charge >= 0.3 is 0 Å². The van der Waals surface area contributed by atoms with Gasteiger partial charge in [0, 0.05) is 24.9 Å². The SMILES string of the molecule is CC(=O)N[C@H](c1nc(-c2cccnc2)no1)C(C)C. The normalized spacial score (nSPS) is 12.4. The second kappa shape index (κ2) is 5.60. The first-order chi connectivity index (χ1) is 9.08. The van der Waals surface area contributed by atoms with Crippen LogP contribution in [0.25, 0.3) is 11.4 Å². The van der Waals surface area contributed by atoms with E-state index in [-0.39, 0.29) is 17.9 Å². The van der Waals surface area contributed by atoms with Gasteiger partial charge in [-0.05, 0) is 18.1 Å². The minimum atomic E-state index is -0.282. The Balaban J connectivity index is 2.26. The van der Waals surface area contributed by atoms with Crippen LogP contribution in [0, 0.1) is 5.92 Å². The lowest BCUT2D eigenvalue weighted by Gasteiger charge is -2.16. The Kier molecular flexibility index (Phi) is 3.89. The fourth-order valence-electron chi connectivity index (χ4n) is 1.71. The topological polar surface area (TPSA) is 80.9 Å². The lowest BCUT2D eigenvalue weighted by molar-refractivity contribution is -0.120. The molecule has 1 N–H and O–H groups in total. The van der Waals surface area contributed by atoms with Gasteiger partial charge in [-0.3, -0.25) is 9.78 Å². The summed E-state index contributed by atoms with van der Waals surface area (Å²) < 4.78 is 5.24. The van der Waals surface area contributed by atoms with Gasteiger partial charge in [-0.1, -0.05) is 19.0 Å². The average Bonchev–Trinajstić information content (AvgIpc) is 2.86. The average molecular weight is 260 g/mol. The minimum Gasteiger partial charge on any atom is -0.344 e. The molecule has 2 heterocycles. The van der Waals surface area contributed by atoms with Crippen molar-refractivity contribution in [3.63, 3.8) is 0 Å². The zero-order valence-corrected chi connectivity index (χ0v) is 11.1. The lowest BCUT2D eigenvalue weighted by Crippen LogP contribution is -2.29. The van der Waals surface area contributed by atoms with Crippen molar-refractivity contribution in [1.82, 2.24) is 20.4 Å². The predicted octanol–water partition coefficient (Wildman–Crippen LogP) is 1.96. The smallest absolute Gasteiger partial charge is 0.249 e. The minimum absolute atomic E-state index is 0.125. The van der Waals surface area contributed by atoms with Gasteiger partial charge in [0.25, 0.3) is 0 Å². The number of carbonyl (C=O) groups excluding carboxylic acids is 1. The number of hydrogen-bond donors (Lipinski definition) is 1. The summed E-state index contributed by atoms with van der Waals surface area (Å²) in [6.45, 7) is 5.43. The summed E-state index contributed by atoms with van der Waals surface area (Å²) in [4.78, 5) is 19.5. The quantitative estimate of drug-likeness (QED) is 0.908. The molecule has 0 saturated carbocycles. The maximum Gasteiger partial charge on any atom is 0.249 e. The molecular weight excluding hydrogens is 244 g/mol. The zero-order valence-electron chi connectivity index (χ0n) is 11.1. The Labute approximate surface area is 111 Å². The van der Waals surface area contributed by atoms with Gasteiger partial charge in [0.05, 0.1) is 0 Å². The van der Waals surface area contributed by atoms with E-state index in [4.69, 9.17) is 4.52 Å². The first-order valence-corrected chi connectivity index (χ1v) is 6.09. The van der Waals surface area contributed by atoms with Crippen LogP contribution in [-0.2, 0) is 4.79 Å². The lowest BCUT2D eigenvalue weighted by atomic mass is 10.0. The Hall–Kier alpha value is -2.24. The highest BCUT2D eigenvalue weighted by molar-refractivity contribution is 5.73. The van der Waals surface area contributed by atoms with Crippen molar-refractivity contribution in [3.8, 4) is 11.4 Å². The fourth-order valence-corrected chi connectivity index (χ4v) is 1.71. The molecule has 2 rings (SSSR count). The van der Waals surface area contributed by atoms with Crippen molar-refractivity contribution >= 4 is 5.91 Å². The molecule has 0 aliphatic heterocycles. The van der Waals surface area contributed by atoms with Gasteiger partial charge in [-0.25, -0.2) is 0 Å². The van der Waals surface area contributed by atoms with Crippen molar-refractivity contribution in [2.24, 2.45) is 5.92 Å². The van der Waals surface area contributed by atoms with Crippen LogP contribution in [-0.4, -0.2) is 21.0 Å².